The van der Waals surface area contributed by atoms with Gasteiger partial charge in [-0.1, -0.05) is 17.7 Å². The van der Waals surface area contributed by atoms with Gasteiger partial charge in [0.15, 0.2) is 0 Å². The van der Waals surface area contributed by atoms with Gasteiger partial charge in [-0.15, -0.1) is 11.8 Å². The minimum Gasteiger partial charge on any atom is -0.394 e. The van der Waals surface area contributed by atoms with Crippen LogP contribution in [-0.4, -0.2) is 71.7 Å². The second-order valence-corrected chi connectivity index (χ2v) is 7.79. The van der Waals surface area contributed by atoms with Gasteiger partial charge in [-0.05, 0) is 25.3 Å². The monoisotopic (exact) mass is 407 g/mol. The number of rotatable bonds is 6. The van der Waals surface area contributed by atoms with Gasteiger partial charge in [0, 0.05) is 5.56 Å². The van der Waals surface area contributed by atoms with Crippen molar-refractivity contribution in [3.63, 3.8) is 0 Å². The Balaban J connectivity index is 2.30. The molecule has 0 saturated carbocycles. The van der Waals surface area contributed by atoms with E-state index in [1.54, 1.807) is 30.5 Å². The molecular formula is C15H21NO8S2. The summed E-state index contributed by atoms with van der Waals surface area (Å²) in [7, 11) is -4.87. The van der Waals surface area contributed by atoms with Crippen LogP contribution in [0.3, 0.4) is 0 Å². The molecule has 1 aromatic rings. The number of nitrogens with one attached hydrogen (secondary N) is 1. The highest BCUT2D eigenvalue weighted by Gasteiger charge is 2.48. The van der Waals surface area contributed by atoms with Crippen LogP contribution in [0.2, 0.25) is 0 Å². The number of hydrogen-bond donors (Lipinski definition) is 4. The van der Waals surface area contributed by atoms with E-state index in [-0.39, 0.29) is 0 Å². The standard InChI is InChI=1S/C15H21NO8S2/c1-8-3-5-9(6-4-8)14(19)16-11-12(18)10(7-17)23-15(25-2)13(11)24-26(20,21)22/h3-6,10-13,15,17-18H,7H2,1-2H3,(H,16,19)(H,20,21,22)/t10-,11+,12+,13-,15+/m1/s1. The molecule has 1 fully saturated rings. The number of hydrogen-bond acceptors (Lipinski definition) is 8. The number of carbonyl (C=O) groups is 1. The van der Waals surface area contributed by atoms with E-state index in [0.29, 0.717) is 5.56 Å². The molecule has 1 saturated heterocycles. The Labute approximate surface area is 155 Å². The third kappa shape index (κ3) is 5.16. The van der Waals surface area contributed by atoms with Gasteiger partial charge >= 0.3 is 10.4 Å². The molecule has 0 aromatic heterocycles. The van der Waals surface area contributed by atoms with Crippen molar-refractivity contribution >= 4 is 28.1 Å². The number of aliphatic hydroxyl groups excluding tert-OH is 2. The maximum absolute atomic E-state index is 12.5. The molecular weight excluding hydrogens is 386 g/mol. The molecule has 1 aliphatic heterocycles. The van der Waals surface area contributed by atoms with Crippen molar-refractivity contribution in [2.45, 2.75) is 36.7 Å². The molecule has 0 spiro atoms. The fourth-order valence-electron chi connectivity index (χ4n) is 2.62. The van der Waals surface area contributed by atoms with Crippen LogP contribution in [0.5, 0.6) is 0 Å². The van der Waals surface area contributed by atoms with Crippen molar-refractivity contribution in [3.8, 4) is 0 Å². The Morgan fingerprint density at radius 2 is 1.96 bits per heavy atom. The zero-order valence-electron chi connectivity index (χ0n) is 14.1. The molecule has 2 rings (SSSR count). The SMILES string of the molecule is CS[C@@H]1O[C@H](CO)[C@H](O)[C@H](NC(=O)c2ccc(C)cc2)[C@H]1OS(=O)(=O)O. The predicted octanol–water partition coefficient (Wildman–Crippen LogP) is -0.277. The van der Waals surface area contributed by atoms with Crippen LogP contribution in [0.15, 0.2) is 24.3 Å². The molecule has 9 nitrogen and oxygen atoms in total. The largest absolute Gasteiger partial charge is 0.397 e. The molecule has 5 atom stereocenters. The molecule has 1 amide bonds. The lowest BCUT2D eigenvalue weighted by Gasteiger charge is -2.43. The third-order valence-electron chi connectivity index (χ3n) is 3.94. The van der Waals surface area contributed by atoms with Crippen molar-refractivity contribution < 1.29 is 36.9 Å². The summed E-state index contributed by atoms with van der Waals surface area (Å²) in [6.07, 6.45) is -2.32. The first-order valence-electron chi connectivity index (χ1n) is 7.66. The molecule has 4 N–H and O–H groups in total. The topological polar surface area (TPSA) is 142 Å². The lowest BCUT2D eigenvalue weighted by atomic mass is 9.96. The van der Waals surface area contributed by atoms with E-state index >= 15 is 0 Å². The van der Waals surface area contributed by atoms with Gasteiger partial charge in [0.1, 0.15) is 23.7 Å². The van der Waals surface area contributed by atoms with Crippen molar-refractivity contribution in [1.82, 2.24) is 5.32 Å². The minimum absolute atomic E-state index is 0.293. The summed E-state index contributed by atoms with van der Waals surface area (Å²) in [4.78, 5) is 12.5. The zero-order chi connectivity index (χ0) is 19.5. The van der Waals surface area contributed by atoms with Gasteiger partial charge in [0.25, 0.3) is 5.91 Å². The summed E-state index contributed by atoms with van der Waals surface area (Å²) in [5.74, 6) is -0.573. The fourth-order valence-corrected chi connectivity index (χ4v) is 3.94. The summed E-state index contributed by atoms with van der Waals surface area (Å²) < 4.78 is 41.4. The third-order valence-corrected chi connectivity index (χ3v) is 5.25. The number of carbonyl (C=O) groups excluding carboxylic acids is 1. The van der Waals surface area contributed by atoms with Gasteiger partial charge in [-0.2, -0.15) is 8.42 Å². The Hall–Kier alpha value is -1.21. The molecule has 0 aliphatic carbocycles. The smallest absolute Gasteiger partial charge is 0.394 e. The molecule has 1 aliphatic rings. The van der Waals surface area contributed by atoms with Gasteiger partial charge in [-0.25, -0.2) is 4.18 Å². The highest BCUT2D eigenvalue weighted by Crippen LogP contribution is 2.30. The number of benzene rings is 1. The van der Waals surface area contributed by atoms with Crippen LogP contribution in [0.25, 0.3) is 0 Å². The first kappa shape index (κ1) is 21.1. The van der Waals surface area contributed by atoms with Gasteiger partial charge in [0.05, 0.1) is 12.6 Å². The molecule has 11 heteroatoms. The second kappa shape index (κ2) is 8.65. The predicted molar refractivity (Wildman–Crippen MR) is 94.1 cm³/mol. The maximum atomic E-state index is 12.5. The average molecular weight is 407 g/mol. The van der Waals surface area contributed by atoms with Gasteiger partial charge < -0.3 is 20.3 Å². The van der Waals surface area contributed by atoms with Crippen LogP contribution in [0, 0.1) is 6.92 Å². The summed E-state index contributed by atoms with van der Waals surface area (Å²) in [5, 5.41) is 22.3. The summed E-state index contributed by atoms with van der Waals surface area (Å²) in [6, 6.07) is 5.36. The van der Waals surface area contributed by atoms with E-state index in [9.17, 15) is 23.4 Å². The number of aryl methyl sites for hydroxylation is 1. The van der Waals surface area contributed by atoms with E-state index in [0.717, 1.165) is 17.3 Å². The maximum Gasteiger partial charge on any atom is 0.397 e. The number of aliphatic hydroxyl groups is 2. The van der Waals surface area contributed by atoms with Crippen LogP contribution in [-0.2, 0) is 19.3 Å². The molecule has 1 heterocycles. The highest BCUT2D eigenvalue weighted by molar-refractivity contribution is 7.99. The number of ether oxygens (including phenoxy) is 1. The zero-order valence-corrected chi connectivity index (χ0v) is 15.7. The molecule has 0 unspecified atom stereocenters. The quantitative estimate of drug-likeness (QED) is 0.468. The lowest BCUT2D eigenvalue weighted by Crippen LogP contribution is -2.64. The van der Waals surface area contributed by atoms with Crippen molar-refractivity contribution in [3.05, 3.63) is 35.4 Å². The summed E-state index contributed by atoms with van der Waals surface area (Å²) in [5.41, 5.74) is 0.282. The summed E-state index contributed by atoms with van der Waals surface area (Å²) in [6.45, 7) is 1.31. The Bertz CT molecular complexity index is 724. The first-order chi connectivity index (χ1) is 12.2. The highest BCUT2D eigenvalue weighted by atomic mass is 32.3. The van der Waals surface area contributed by atoms with Gasteiger partial charge in [0.2, 0.25) is 0 Å². The lowest BCUT2D eigenvalue weighted by molar-refractivity contribution is -0.158. The molecule has 0 bridgehead atoms. The van der Waals surface area contributed by atoms with Crippen LogP contribution in [0.4, 0.5) is 0 Å². The van der Waals surface area contributed by atoms with Crippen LogP contribution in [0.1, 0.15) is 15.9 Å². The van der Waals surface area contributed by atoms with E-state index in [4.69, 9.17) is 9.29 Å². The summed E-state index contributed by atoms with van der Waals surface area (Å²) >= 11 is 1.05. The Kier molecular flexibility index (Phi) is 7.02. The average Bonchev–Trinajstić information content (AvgIpc) is 2.57. The van der Waals surface area contributed by atoms with Crippen molar-refractivity contribution in [1.29, 1.82) is 0 Å². The first-order valence-corrected chi connectivity index (χ1v) is 10.3. The fraction of sp³-hybridized carbons (Fsp3) is 0.533. The normalized spacial score (nSPS) is 29.3. The Morgan fingerprint density at radius 3 is 2.46 bits per heavy atom. The number of thioether (sulfide) groups is 1. The molecule has 0 radical (unpaired) electrons. The van der Waals surface area contributed by atoms with E-state index in [2.05, 4.69) is 9.50 Å². The van der Waals surface area contributed by atoms with E-state index in [1.165, 1.54) is 0 Å². The minimum atomic E-state index is -4.87. The van der Waals surface area contributed by atoms with E-state index in [1.807, 2.05) is 6.92 Å². The Morgan fingerprint density at radius 1 is 1.35 bits per heavy atom. The van der Waals surface area contributed by atoms with Crippen molar-refractivity contribution in [2.75, 3.05) is 12.9 Å². The molecule has 1 aromatic carbocycles. The van der Waals surface area contributed by atoms with Crippen molar-refractivity contribution in [2.24, 2.45) is 0 Å². The molecule has 146 valence electrons. The van der Waals surface area contributed by atoms with Gasteiger partial charge in [-0.3, -0.25) is 9.35 Å². The molecule has 26 heavy (non-hydrogen) atoms. The second-order valence-electron chi connectivity index (χ2n) is 5.81. The van der Waals surface area contributed by atoms with Crippen LogP contribution >= 0.6 is 11.8 Å². The number of amides is 1. The van der Waals surface area contributed by atoms with E-state index < -0.39 is 52.7 Å². The van der Waals surface area contributed by atoms with Crippen LogP contribution < -0.4 is 5.32 Å².